The zero-order chi connectivity index (χ0) is 33.7. The average Bonchev–Trinajstić information content (AvgIpc) is 3.59. The molecule has 238 valence electrons. The Morgan fingerprint density at radius 2 is 0.902 bits per heavy atom. The van der Waals surface area contributed by atoms with Gasteiger partial charge in [-0.3, -0.25) is 0 Å². The lowest BCUT2D eigenvalue weighted by atomic mass is 9.93. The monoisotopic (exact) mass is 651 g/mol. The lowest BCUT2D eigenvalue weighted by Gasteiger charge is -2.13. The smallest absolute Gasteiger partial charge is 0.164 e. The molecule has 0 saturated carbocycles. The minimum atomic E-state index is 0.638. The fourth-order valence-corrected chi connectivity index (χ4v) is 7.27. The van der Waals surface area contributed by atoms with Gasteiger partial charge in [-0.05, 0) is 74.1 Å². The Hall–Kier alpha value is -6.91. The van der Waals surface area contributed by atoms with Crippen LogP contribution in [0, 0.1) is 0 Å². The summed E-state index contributed by atoms with van der Waals surface area (Å²) >= 11 is 0. The molecule has 0 fully saturated rings. The zero-order valence-corrected chi connectivity index (χ0v) is 27.5. The normalized spacial score (nSPS) is 11.5. The summed E-state index contributed by atoms with van der Waals surface area (Å²) < 4.78 is 6.55. The van der Waals surface area contributed by atoms with Gasteiger partial charge in [0.15, 0.2) is 17.5 Å². The molecule has 0 N–H and O–H groups in total. The van der Waals surface area contributed by atoms with Gasteiger partial charge in [0.1, 0.15) is 11.2 Å². The van der Waals surface area contributed by atoms with Gasteiger partial charge in [0.05, 0.1) is 0 Å². The van der Waals surface area contributed by atoms with Crippen LogP contribution in [0.25, 0.3) is 99.9 Å². The number of aromatic nitrogens is 3. The van der Waals surface area contributed by atoms with Crippen LogP contribution in [0.2, 0.25) is 0 Å². The third-order valence-corrected chi connectivity index (χ3v) is 9.73. The van der Waals surface area contributed by atoms with E-state index in [1.54, 1.807) is 0 Å². The molecule has 0 amide bonds. The molecule has 2 aromatic heterocycles. The van der Waals surface area contributed by atoms with E-state index in [2.05, 4.69) is 115 Å². The summed E-state index contributed by atoms with van der Waals surface area (Å²) in [5.41, 5.74) is 9.14. The van der Waals surface area contributed by atoms with Crippen molar-refractivity contribution in [2.24, 2.45) is 0 Å². The molecule has 2 heterocycles. The largest absolute Gasteiger partial charge is 0.456 e. The van der Waals surface area contributed by atoms with Gasteiger partial charge in [-0.2, -0.15) is 0 Å². The maximum atomic E-state index is 6.55. The van der Waals surface area contributed by atoms with E-state index in [-0.39, 0.29) is 0 Å². The number of furan rings is 1. The van der Waals surface area contributed by atoms with Gasteiger partial charge >= 0.3 is 0 Å². The Bertz CT molecular complexity index is 2860. The van der Waals surface area contributed by atoms with E-state index in [0.29, 0.717) is 17.5 Å². The predicted octanol–water partition coefficient (Wildman–Crippen LogP) is 12.4. The van der Waals surface area contributed by atoms with Crippen LogP contribution < -0.4 is 0 Å². The first kappa shape index (κ1) is 29.0. The van der Waals surface area contributed by atoms with Crippen LogP contribution >= 0.6 is 0 Å². The number of fused-ring (bicyclic) bond motifs is 5. The van der Waals surface area contributed by atoms with Gasteiger partial charge in [0, 0.05) is 27.5 Å². The maximum absolute atomic E-state index is 6.55. The van der Waals surface area contributed by atoms with Gasteiger partial charge in [-0.25, -0.2) is 15.0 Å². The molecule has 4 nitrogen and oxygen atoms in total. The molecule has 0 aliphatic rings. The van der Waals surface area contributed by atoms with E-state index in [1.165, 1.54) is 21.9 Å². The average molecular weight is 652 g/mol. The SMILES string of the molecule is c1ccc(-c2nc(-c3ccccc3)nc(-c3ccc(-c4ccc5c(c4)oc4cccc(-c6ccc7ccccc7c6)c45)c4ccccc34)n2)cc1. The number of benzene rings is 8. The molecule has 0 atom stereocenters. The fourth-order valence-electron chi connectivity index (χ4n) is 7.27. The molecule has 51 heavy (non-hydrogen) atoms. The van der Waals surface area contributed by atoms with Gasteiger partial charge in [0.2, 0.25) is 0 Å². The van der Waals surface area contributed by atoms with Gasteiger partial charge < -0.3 is 4.42 Å². The van der Waals surface area contributed by atoms with Gasteiger partial charge in [-0.15, -0.1) is 0 Å². The Kier molecular flexibility index (Phi) is 6.78. The van der Waals surface area contributed by atoms with Gasteiger partial charge in [-0.1, -0.05) is 146 Å². The van der Waals surface area contributed by atoms with Crippen LogP contribution in [-0.4, -0.2) is 15.0 Å². The summed E-state index contributed by atoms with van der Waals surface area (Å²) in [6.07, 6.45) is 0. The third-order valence-electron chi connectivity index (χ3n) is 9.73. The summed E-state index contributed by atoms with van der Waals surface area (Å²) in [5.74, 6) is 1.93. The van der Waals surface area contributed by atoms with Crippen LogP contribution in [0.15, 0.2) is 180 Å². The lowest BCUT2D eigenvalue weighted by Crippen LogP contribution is -2.00. The standard InChI is InChI=1S/C47H29N3O/c1-3-13-31(14-4-1)45-48-46(32-15-5-2-6-16-32)50-47(49-45)40-27-26-36(38-18-9-10-19-39(38)40)35-24-25-41-43(29-35)51-42-21-11-20-37(44(41)42)34-23-22-30-12-7-8-17-33(30)28-34/h1-29H. The second-order valence-corrected chi connectivity index (χ2v) is 12.8. The number of hydrogen-bond acceptors (Lipinski definition) is 4. The lowest BCUT2D eigenvalue weighted by molar-refractivity contribution is 0.669. The van der Waals surface area contributed by atoms with Crippen molar-refractivity contribution in [2.75, 3.05) is 0 Å². The molecule has 10 aromatic rings. The van der Waals surface area contributed by atoms with Crippen molar-refractivity contribution in [3.05, 3.63) is 176 Å². The first-order valence-electron chi connectivity index (χ1n) is 17.1. The molecule has 8 aromatic carbocycles. The number of hydrogen-bond donors (Lipinski definition) is 0. The van der Waals surface area contributed by atoms with Gasteiger partial charge in [0.25, 0.3) is 0 Å². The topological polar surface area (TPSA) is 51.8 Å². The minimum Gasteiger partial charge on any atom is -0.456 e. The highest BCUT2D eigenvalue weighted by Gasteiger charge is 2.18. The molecule has 0 saturated heterocycles. The van der Waals surface area contributed by atoms with Crippen molar-refractivity contribution in [3.8, 4) is 56.4 Å². The van der Waals surface area contributed by atoms with Crippen molar-refractivity contribution >= 4 is 43.5 Å². The Balaban J connectivity index is 1.11. The van der Waals surface area contributed by atoms with Crippen molar-refractivity contribution in [2.45, 2.75) is 0 Å². The fraction of sp³-hybridized carbons (Fsp3) is 0. The molecule has 4 heteroatoms. The molecule has 0 unspecified atom stereocenters. The predicted molar refractivity (Wildman–Crippen MR) is 209 cm³/mol. The summed E-state index contributed by atoms with van der Waals surface area (Å²) in [4.78, 5) is 15.0. The van der Waals surface area contributed by atoms with E-state index < -0.39 is 0 Å². The molecular formula is C47H29N3O. The highest BCUT2D eigenvalue weighted by molar-refractivity contribution is 6.14. The van der Waals surface area contributed by atoms with Crippen molar-refractivity contribution in [1.82, 2.24) is 15.0 Å². The van der Waals surface area contributed by atoms with E-state index in [4.69, 9.17) is 19.4 Å². The number of nitrogens with zero attached hydrogens (tertiary/aromatic N) is 3. The van der Waals surface area contributed by atoms with Crippen molar-refractivity contribution in [3.63, 3.8) is 0 Å². The van der Waals surface area contributed by atoms with Crippen molar-refractivity contribution < 1.29 is 4.42 Å². The summed E-state index contributed by atoms with van der Waals surface area (Å²) in [6.45, 7) is 0. The summed E-state index contributed by atoms with van der Waals surface area (Å²) in [5, 5.41) is 6.88. The molecule has 0 bridgehead atoms. The Morgan fingerprint density at radius 1 is 0.314 bits per heavy atom. The van der Waals surface area contributed by atoms with E-state index >= 15 is 0 Å². The quantitative estimate of drug-likeness (QED) is 0.186. The second kappa shape index (κ2) is 11.9. The van der Waals surface area contributed by atoms with E-state index in [9.17, 15) is 0 Å². The highest BCUT2D eigenvalue weighted by Crippen LogP contribution is 2.41. The van der Waals surface area contributed by atoms with Crippen LogP contribution in [0.3, 0.4) is 0 Å². The molecule has 10 rings (SSSR count). The van der Waals surface area contributed by atoms with Crippen LogP contribution in [0.4, 0.5) is 0 Å². The van der Waals surface area contributed by atoms with E-state index in [1.807, 2.05) is 60.7 Å². The number of rotatable bonds is 5. The molecule has 0 spiro atoms. The Morgan fingerprint density at radius 3 is 1.65 bits per heavy atom. The highest BCUT2D eigenvalue weighted by atomic mass is 16.3. The van der Waals surface area contributed by atoms with Crippen molar-refractivity contribution in [1.29, 1.82) is 0 Å². The second-order valence-electron chi connectivity index (χ2n) is 12.8. The zero-order valence-electron chi connectivity index (χ0n) is 27.5. The first-order chi connectivity index (χ1) is 25.3. The molecular weight excluding hydrogens is 623 g/mol. The Labute approximate surface area is 294 Å². The molecule has 0 aliphatic heterocycles. The first-order valence-corrected chi connectivity index (χ1v) is 17.1. The molecule has 0 aliphatic carbocycles. The van der Waals surface area contributed by atoms with Crippen LogP contribution in [0.5, 0.6) is 0 Å². The summed E-state index contributed by atoms with van der Waals surface area (Å²) in [7, 11) is 0. The van der Waals surface area contributed by atoms with Crippen LogP contribution in [-0.2, 0) is 0 Å². The van der Waals surface area contributed by atoms with E-state index in [0.717, 1.165) is 60.5 Å². The molecule has 0 radical (unpaired) electrons. The third kappa shape index (κ3) is 5.04. The maximum Gasteiger partial charge on any atom is 0.164 e. The minimum absolute atomic E-state index is 0.638. The van der Waals surface area contributed by atoms with Crippen LogP contribution in [0.1, 0.15) is 0 Å². The summed E-state index contributed by atoms with van der Waals surface area (Å²) in [6, 6.07) is 61.0.